The second-order valence-corrected chi connectivity index (χ2v) is 9.09. The topological polar surface area (TPSA) is 26.3 Å². The van der Waals surface area contributed by atoms with E-state index in [-0.39, 0.29) is 5.97 Å². The van der Waals surface area contributed by atoms with Crippen LogP contribution in [0, 0.1) is 6.92 Å². The number of thiophene rings is 1. The molecule has 0 bridgehead atoms. The Balaban J connectivity index is 1.46. The highest BCUT2D eigenvalue weighted by Crippen LogP contribution is 2.25. The summed E-state index contributed by atoms with van der Waals surface area (Å²) in [5, 5.41) is 0. The van der Waals surface area contributed by atoms with Crippen molar-refractivity contribution >= 4 is 17.3 Å². The summed E-state index contributed by atoms with van der Waals surface area (Å²) in [4.78, 5) is 14.4. The molecule has 0 atom stereocenters. The lowest BCUT2D eigenvalue weighted by Crippen LogP contribution is -2.06. The van der Waals surface area contributed by atoms with E-state index in [9.17, 15) is 4.79 Å². The van der Waals surface area contributed by atoms with Crippen LogP contribution < -0.4 is 4.74 Å². The van der Waals surface area contributed by atoms with Crippen molar-refractivity contribution < 1.29 is 9.53 Å². The van der Waals surface area contributed by atoms with Gasteiger partial charge >= 0.3 is 5.97 Å². The highest BCUT2D eigenvalue weighted by Gasteiger charge is 2.12. The summed E-state index contributed by atoms with van der Waals surface area (Å²) in [6, 6.07) is 20.1. The SMILES string of the molecule is CCCCCCCCCc1ccc(C(=O)Oc2ccc(-c3ccc(C)cc3)cc2)s1. The van der Waals surface area contributed by atoms with Crippen molar-refractivity contribution in [3.05, 3.63) is 76.0 Å². The van der Waals surface area contributed by atoms with Crippen molar-refractivity contribution in [3.8, 4) is 16.9 Å². The average Bonchev–Trinajstić information content (AvgIpc) is 3.23. The van der Waals surface area contributed by atoms with Crippen molar-refractivity contribution in [2.45, 2.75) is 65.2 Å². The number of hydrogen-bond acceptors (Lipinski definition) is 3. The van der Waals surface area contributed by atoms with Gasteiger partial charge in [-0.2, -0.15) is 0 Å². The molecule has 0 aliphatic heterocycles. The van der Waals surface area contributed by atoms with Crippen LogP contribution >= 0.6 is 11.3 Å². The van der Waals surface area contributed by atoms with Gasteiger partial charge in [-0.1, -0.05) is 87.4 Å². The van der Waals surface area contributed by atoms with Crippen molar-refractivity contribution in [2.24, 2.45) is 0 Å². The summed E-state index contributed by atoms with van der Waals surface area (Å²) in [7, 11) is 0. The Morgan fingerprint density at radius 1 is 0.767 bits per heavy atom. The lowest BCUT2D eigenvalue weighted by molar-refractivity contribution is 0.0740. The number of aryl methyl sites for hydroxylation is 2. The molecule has 1 heterocycles. The average molecular weight is 421 g/mol. The Hall–Kier alpha value is -2.39. The first-order valence-electron chi connectivity index (χ1n) is 11.1. The third-order valence-electron chi connectivity index (χ3n) is 5.34. The number of ether oxygens (including phenoxy) is 1. The van der Waals surface area contributed by atoms with Gasteiger partial charge in [0.1, 0.15) is 10.6 Å². The zero-order chi connectivity index (χ0) is 21.2. The van der Waals surface area contributed by atoms with Gasteiger partial charge in [-0.05, 0) is 55.2 Å². The lowest BCUT2D eigenvalue weighted by atomic mass is 10.0. The predicted molar refractivity (Wildman–Crippen MR) is 128 cm³/mol. The second-order valence-electron chi connectivity index (χ2n) is 7.92. The van der Waals surface area contributed by atoms with Gasteiger partial charge in [0.05, 0.1) is 0 Å². The zero-order valence-electron chi connectivity index (χ0n) is 18.2. The van der Waals surface area contributed by atoms with E-state index in [1.54, 1.807) is 11.3 Å². The van der Waals surface area contributed by atoms with Gasteiger partial charge in [-0.25, -0.2) is 4.79 Å². The van der Waals surface area contributed by atoms with Crippen LogP contribution in [0.1, 0.15) is 72.0 Å². The first-order chi connectivity index (χ1) is 14.7. The van der Waals surface area contributed by atoms with Gasteiger partial charge in [0.15, 0.2) is 0 Å². The fourth-order valence-corrected chi connectivity index (χ4v) is 4.42. The van der Waals surface area contributed by atoms with Crippen LogP contribution in [-0.2, 0) is 6.42 Å². The summed E-state index contributed by atoms with van der Waals surface area (Å²) in [6.45, 7) is 4.33. The molecule has 0 spiro atoms. The van der Waals surface area contributed by atoms with E-state index in [1.165, 1.54) is 55.4 Å². The van der Waals surface area contributed by atoms with Gasteiger partial charge < -0.3 is 4.74 Å². The van der Waals surface area contributed by atoms with E-state index < -0.39 is 0 Å². The van der Waals surface area contributed by atoms with Gasteiger partial charge in [0.2, 0.25) is 0 Å². The van der Waals surface area contributed by atoms with Crippen LogP contribution in [0.4, 0.5) is 0 Å². The molecular formula is C27H32O2S. The maximum atomic E-state index is 12.5. The fraction of sp³-hybridized carbons (Fsp3) is 0.370. The van der Waals surface area contributed by atoms with Crippen molar-refractivity contribution in [2.75, 3.05) is 0 Å². The van der Waals surface area contributed by atoms with E-state index in [0.29, 0.717) is 10.6 Å². The normalized spacial score (nSPS) is 10.9. The molecule has 3 heteroatoms. The van der Waals surface area contributed by atoms with Crippen molar-refractivity contribution in [3.63, 3.8) is 0 Å². The summed E-state index contributed by atoms with van der Waals surface area (Å²) in [5.74, 6) is 0.312. The van der Waals surface area contributed by atoms with Gasteiger partial charge in [-0.3, -0.25) is 0 Å². The Morgan fingerprint density at radius 2 is 1.37 bits per heavy atom. The minimum Gasteiger partial charge on any atom is -0.422 e. The molecule has 0 amide bonds. The van der Waals surface area contributed by atoms with Crippen LogP contribution in [-0.4, -0.2) is 5.97 Å². The van der Waals surface area contributed by atoms with Crippen LogP contribution in [0.15, 0.2) is 60.7 Å². The van der Waals surface area contributed by atoms with Gasteiger partial charge in [0, 0.05) is 4.88 Å². The minimum atomic E-state index is -0.270. The monoisotopic (exact) mass is 420 g/mol. The molecule has 2 aromatic carbocycles. The molecule has 0 radical (unpaired) electrons. The minimum absolute atomic E-state index is 0.270. The number of esters is 1. The first-order valence-corrected chi connectivity index (χ1v) is 12.0. The third-order valence-corrected chi connectivity index (χ3v) is 6.46. The molecular weight excluding hydrogens is 388 g/mol. The standard InChI is InChI=1S/C27H32O2S/c1-3-4-5-6-7-8-9-10-25-19-20-26(30-25)27(28)29-24-17-15-23(16-18-24)22-13-11-21(2)12-14-22/h11-20H,3-10H2,1-2H3. The lowest BCUT2D eigenvalue weighted by Gasteiger charge is -2.05. The number of hydrogen-bond donors (Lipinski definition) is 0. The molecule has 0 saturated heterocycles. The molecule has 158 valence electrons. The maximum Gasteiger partial charge on any atom is 0.353 e. The largest absolute Gasteiger partial charge is 0.422 e. The molecule has 0 aliphatic carbocycles. The Kier molecular flexibility index (Phi) is 8.70. The summed E-state index contributed by atoms with van der Waals surface area (Å²) < 4.78 is 5.58. The van der Waals surface area contributed by atoms with Crippen LogP contribution in [0.25, 0.3) is 11.1 Å². The highest BCUT2D eigenvalue weighted by atomic mass is 32.1. The van der Waals surface area contributed by atoms with Crippen LogP contribution in [0.5, 0.6) is 5.75 Å². The highest BCUT2D eigenvalue weighted by molar-refractivity contribution is 7.13. The van der Waals surface area contributed by atoms with Gasteiger partial charge in [-0.15, -0.1) is 11.3 Å². The molecule has 3 aromatic rings. The Labute approximate surface area is 184 Å². The molecule has 2 nitrogen and oxygen atoms in total. The molecule has 30 heavy (non-hydrogen) atoms. The molecule has 0 saturated carbocycles. The van der Waals surface area contributed by atoms with Crippen LogP contribution in [0.2, 0.25) is 0 Å². The summed E-state index contributed by atoms with van der Waals surface area (Å²) >= 11 is 1.56. The predicted octanol–water partition coefficient (Wildman–Crippen LogP) is 8.24. The van der Waals surface area contributed by atoms with E-state index in [2.05, 4.69) is 44.2 Å². The van der Waals surface area contributed by atoms with E-state index >= 15 is 0 Å². The molecule has 3 rings (SSSR count). The number of carbonyl (C=O) groups is 1. The summed E-state index contributed by atoms with van der Waals surface area (Å²) in [5.41, 5.74) is 3.52. The quantitative estimate of drug-likeness (QED) is 0.177. The summed E-state index contributed by atoms with van der Waals surface area (Å²) in [6.07, 6.45) is 10.2. The van der Waals surface area contributed by atoms with E-state index in [1.807, 2.05) is 30.3 Å². The molecule has 0 fully saturated rings. The number of benzene rings is 2. The molecule has 0 unspecified atom stereocenters. The second kappa shape index (κ2) is 11.7. The van der Waals surface area contributed by atoms with Crippen molar-refractivity contribution in [1.82, 2.24) is 0 Å². The molecule has 0 aliphatic rings. The Bertz CT molecular complexity index is 907. The maximum absolute atomic E-state index is 12.5. The van der Waals surface area contributed by atoms with Gasteiger partial charge in [0.25, 0.3) is 0 Å². The smallest absolute Gasteiger partial charge is 0.353 e. The zero-order valence-corrected chi connectivity index (χ0v) is 19.0. The molecule has 0 N–H and O–H groups in total. The van der Waals surface area contributed by atoms with E-state index in [4.69, 9.17) is 4.74 Å². The Morgan fingerprint density at radius 3 is 2.03 bits per heavy atom. The molecule has 1 aromatic heterocycles. The first kappa shape index (κ1) is 22.3. The van der Waals surface area contributed by atoms with E-state index in [0.717, 1.165) is 17.5 Å². The van der Waals surface area contributed by atoms with Crippen LogP contribution in [0.3, 0.4) is 0 Å². The number of unbranched alkanes of at least 4 members (excludes halogenated alkanes) is 6. The number of rotatable bonds is 11. The fourth-order valence-electron chi connectivity index (χ4n) is 3.50. The third kappa shape index (κ3) is 6.84. The number of carbonyl (C=O) groups excluding carboxylic acids is 1. The van der Waals surface area contributed by atoms with Crippen molar-refractivity contribution in [1.29, 1.82) is 0 Å².